The molecule has 1 amide bonds. The third-order valence-corrected chi connectivity index (χ3v) is 5.10. The van der Waals surface area contributed by atoms with Crippen molar-refractivity contribution in [3.63, 3.8) is 0 Å². The first-order valence-corrected chi connectivity index (χ1v) is 8.70. The molecule has 1 N–H and O–H groups in total. The highest BCUT2D eigenvalue weighted by molar-refractivity contribution is 5.99. The molecule has 4 rings (SSSR count). The summed E-state index contributed by atoms with van der Waals surface area (Å²) in [4.78, 5) is 27.7. The predicted octanol–water partition coefficient (Wildman–Crippen LogP) is 3.28. The van der Waals surface area contributed by atoms with Crippen molar-refractivity contribution in [3.05, 3.63) is 53.1 Å². The summed E-state index contributed by atoms with van der Waals surface area (Å²) >= 11 is 0. The van der Waals surface area contributed by atoms with Crippen molar-refractivity contribution in [1.29, 1.82) is 0 Å². The number of carboxylic acids is 1. The zero-order valence-corrected chi connectivity index (χ0v) is 14.6. The first-order valence-electron chi connectivity index (χ1n) is 8.70. The van der Waals surface area contributed by atoms with Gasteiger partial charge in [0, 0.05) is 24.3 Å². The third kappa shape index (κ3) is 2.58. The molecule has 0 atom stereocenters. The predicted molar refractivity (Wildman–Crippen MR) is 97.4 cm³/mol. The van der Waals surface area contributed by atoms with Crippen LogP contribution in [0.25, 0.3) is 0 Å². The minimum Gasteiger partial charge on any atom is -0.495 e. The van der Waals surface area contributed by atoms with Gasteiger partial charge in [-0.2, -0.15) is 0 Å². The molecule has 6 nitrogen and oxygen atoms in total. The number of anilines is 2. The van der Waals surface area contributed by atoms with E-state index in [1.165, 1.54) is 0 Å². The number of hydrogen-bond acceptors (Lipinski definition) is 4. The quantitative estimate of drug-likeness (QED) is 0.914. The molecule has 2 aliphatic rings. The number of carbonyl (C=O) groups excluding carboxylic acids is 1. The number of aromatic carboxylic acids is 1. The second-order valence-corrected chi connectivity index (χ2v) is 6.58. The minimum atomic E-state index is -0.938. The van der Waals surface area contributed by atoms with Gasteiger partial charge >= 0.3 is 5.97 Å². The van der Waals surface area contributed by atoms with Gasteiger partial charge in [-0.3, -0.25) is 4.79 Å². The highest BCUT2D eigenvalue weighted by Gasteiger charge is 2.32. The molecule has 2 aliphatic heterocycles. The van der Waals surface area contributed by atoms with E-state index >= 15 is 0 Å². The molecule has 1 fully saturated rings. The van der Waals surface area contributed by atoms with Gasteiger partial charge in [0.25, 0.3) is 5.91 Å². The maximum atomic E-state index is 12.7. The molecule has 26 heavy (non-hydrogen) atoms. The van der Waals surface area contributed by atoms with E-state index in [1.54, 1.807) is 31.4 Å². The smallest absolute Gasteiger partial charge is 0.335 e. The number of amides is 1. The highest BCUT2D eigenvalue weighted by Crippen LogP contribution is 2.45. The van der Waals surface area contributed by atoms with Crippen molar-refractivity contribution in [2.75, 3.05) is 25.1 Å². The van der Waals surface area contributed by atoms with Gasteiger partial charge in [0.1, 0.15) is 5.75 Å². The number of methoxy groups -OCH3 is 1. The fraction of sp³-hybridized carbons (Fsp3) is 0.300. The summed E-state index contributed by atoms with van der Waals surface area (Å²) in [5.74, 6) is -0.253. The van der Waals surface area contributed by atoms with E-state index in [-0.39, 0.29) is 11.5 Å². The average Bonchev–Trinajstić information content (AvgIpc) is 3.16. The molecule has 0 bridgehead atoms. The lowest BCUT2D eigenvalue weighted by atomic mass is 9.96. The Bertz CT molecular complexity index is 870. The standard InChI is InChI=1S/C20H20N2O4/c1-26-18-15(19(23)21-10-2-3-11-21)8-9-17-16(18)12-22(17)14-6-4-13(5-7-14)20(24)25/h4-9H,2-3,10-12H2,1H3,(H,24,25). The van der Waals surface area contributed by atoms with Gasteiger partial charge in [0.2, 0.25) is 0 Å². The van der Waals surface area contributed by atoms with Crippen LogP contribution in [-0.4, -0.2) is 42.1 Å². The number of carboxylic acid groups (broad SMARTS) is 1. The molecular formula is C20H20N2O4. The Balaban J connectivity index is 1.62. The Morgan fingerprint density at radius 3 is 2.35 bits per heavy atom. The molecule has 2 aromatic carbocycles. The molecule has 1 saturated heterocycles. The number of carbonyl (C=O) groups is 2. The van der Waals surface area contributed by atoms with Crippen LogP contribution in [0.5, 0.6) is 5.75 Å². The first kappa shape index (κ1) is 16.4. The zero-order chi connectivity index (χ0) is 18.3. The van der Waals surface area contributed by atoms with Gasteiger partial charge < -0.3 is 19.6 Å². The Hall–Kier alpha value is -3.02. The van der Waals surface area contributed by atoms with Gasteiger partial charge in [-0.25, -0.2) is 4.79 Å². The van der Waals surface area contributed by atoms with Crippen LogP contribution in [0.15, 0.2) is 36.4 Å². The zero-order valence-electron chi connectivity index (χ0n) is 14.6. The number of fused-ring (bicyclic) bond motifs is 1. The molecule has 0 unspecified atom stereocenters. The van der Waals surface area contributed by atoms with Crippen molar-refractivity contribution in [2.45, 2.75) is 19.4 Å². The summed E-state index contributed by atoms with van der Waals surface area (Å²) in [6.07, 6.45) is 2.11. The minimum absolute atomic E-state index is 0.0337. The van der Waals surface area contributed by atoms with E-state index in [0.29, 0.717) is 17.9 Å². The molecule has 0 spiro atoms. The summed E-state index contributed by atoms with van der Waals surface area (Å²) < 4.78 is 5.57. The molecule has 2 aromatic rings. The van der Waals surface area contributed by atoms with Gasteiger partial charge in [0.15, 0.2) is 0 Å². The van der Waals surface area contributed by atoms with E-state index in [1.807, 2.05) is 17.0 Å². The summed E-state index contributed by atoms with van der Waals surface area (Å²) in [7, 11) is 1.60. The van der Waals surface area contributed by atoms with Crippen LogP contribution >= 0.6 is 0 Å². The number of nitrogens with zero attached hydrogens (tertiary/aromatic N) is 2. The van der Waals surface area contributed by atoms with Crippen molar-refractivity contribution < 1.29 is 19.4 Å². The molecule has 0 aromatic heterocycles. The number of ether oxygens (including phenoxy) is 1. The number of rotatable bonds is 4. The van der Waals surface area contributed by atoms with Crippen LogP contribution in [0.4, 0.5) is 11.4 Å². The highest BCUT2D eigenvalue weighted by atomic mass is 16.5. The lowest BCUT2D eigenvalue weighted by molar-refractivity contribution is 0.0696. The SMILES string of the molecule is COc1c(C(=O)N2CCCC2)ccc2c1CN2c1ccc(C(=O)O)cc1. The van der Waals surface area contributed by atoms with Crippen LogP contribution in [0.2, 0.25) is 0 Å². The summed E-state index contributed by atoms with van der Waals surface area (Å²) in [6.45, 7) is 2.24. The Morgan fingerprint density at radius 2 is 1.73 bits per heavy atom. The van der Waals surface area contributed by atoms with Crippen molar-refractivity contribution >= 4 is 23.3 Å². The Kier molecular flexibility index (Phi) is 4.03. The van der Waals surface area contributed by atoms with Crippen molar-refractivity contribution in [2.24, 2.45) is 0 Å². The molecule has 0 aliphatic carbocycles. The second kappa shape index (κ2) is 6.37. The average molecular weight is 352 g/mol. The van der Waals surface area contributed by atoms with Gasteiger partial charge in [-0.05, 0) is 49.2 Å². The van der Waals surface area contributed by atoms with E-state index in [2.05, 4.69) is 4.90 Å². The lowest BCUT2D eigenvalue weighted by Gasteiger charge is -2.38. The third-order valence-electron chi connectivity index (χ3n) is 5.10. The van der Waals surface area contributed by atoms with Gasteiger partial charge in [-0.15, -0.1) is 0 Å². The topological polar surface area (TPSA) is 70.1 Å². The van der Waals surface area contributed by atoms with Crippen LogP contribution in [0.1, 0.15) is 39.1 Å². The van der Waals surface area contributed by atoms with Gasteiger partial charge in [0.05, 0.1) is 30.5 Å². The molecule has 134 valence electrons. The van der Waals surface area contributed by atoms with Crippen LogP contribution in [-0.2, 0) is 6.54 Å². The van der Waals surface area contributed by atoms with E-state index < -0.39 is 5.97 Å². The lowest BCUT2D eigenvalue weighted by Crippen LogP contribution is -2.31. The van der Waals surface area contributed by atoms with Crippen LogP contribution in [0.3, 0.4) is 0 Å². The Labute approximate surface area is 151 Å². The Morgan fingerprint density at radius 1 is 1.04 bits per heavy atom. The molecule has 2 heterocycles. The van der Waals surface area contributed by atoms with Crippen molar-refractivity contribution in [3.8, 4) is 5.75 Å². The summed E-state index contributed by atoms with van der Waals surface area (Å²) in [5.41, 5.74) is 3.80. The maximum Gasteiger partial charge on any atom is 0.335 e. The van der Waals surface area contributed by atoms with Crippen LogP contribution in [0, 0.1) is 0 Å². The van der Waals surface area contributed by atoms with E-state index in [4.69, 9.17) is 9.84 Å². The first-order chi connectivity index (χ1) is 12.6. The van der Waals surface area contributed by atoms with E-state index in [0.717, 1.165) is 42.9 Å². The number of hydrogen-bond donors (Lipinski definition) is 1. The summed E-state index contributed by atoms with van der Waals surface area (Å²) in [5, 5.41) is 9.02. The largest absolute Gasteiger partial charge is 0.495 e. The molecule has 0 saturated carbocycles. The second-order valence-electron chi connectivity index (χ2n) is 6.58. The fourth-order valence-electron chi connectivity index (χ4n) is 3.68. The summed E-state index contributed by atoms with van der Waals surface area (Å²) in [6, 6.07) is 10.5. The number of likely N-dealkylation sites (tertiary alicyclic amines) is 1. The molecule has 0 radical (unpaired) electrons. The molecule has 6 heteroatoms. The normalized spacial score (nSPS) is 15.4. The maximum absolute atomic E-state index is 12.7. The van der Waals surface area contributed by atoms with Crippen molar-refractivity contribution in [1.82, 2.24) is 4.90 Å². The fourth-order valence-corrected chi connectivity index (χ4v) is 3.68. The van der Waals surface area contributed by atoms with Crippen LogP contribution < -0.4 is 9.64 Å². The monoisotopic (exact) mass is 352 g/mol. The molecular weight excluding hydrogens is 332 g/mol. The van der Waals surface area contributed by atoms with Gasteiger partial charge in [-0.1, -0.05) is 0 Å². The number of benzene rings is 2. The van der Waals surface area contributed by atoms with E-state index in [9.17, 15) is 9.59 Å².